The van der Waals surface area contributed by atoms with Crippen molar-refractivity contribution in [2.75, 3.05) is 0 Å². The topological polar surface area (TPSA) is 135 Å². The van der Waals surface area contributed by atoms with Gasteiger partial charge in [-0.1, -0.05) is 24.3 Å². The second-order valence-corrected chi connectivity index (χ2v) is 7.72. The van der Waals surface area contributed by atoms with Gasteiger partial charge in [0.05, 0.1) is 24.3 Å². The van der Waals surface area contributed by atoms with E-state index in [4.69, 9.17) is 4.42 Å². The zero-order valence-corrected chi connectivity index (χ0v) is 17.6. The van der Waals surface area contributed by atoms with E-state index >= 15 is 0 Å². The average molecular weight is 448 g/mol. The Morgan fingerprint density at radius 3 is 2.67 bits per heavy atom. The van der Waals surface area contributed by atoms with Gasteiger partial charge in [0.25, 0.3) is 17.5 Å². The van der Waals surface area contributed by atoms with Gasteiger partial charge in [0.15, 0.2) is 0 Å². The number of benzene rings is 2. The smallest absolute Gasteiger partial charge is 0.325 e. The van der Waals surface area contributed by atoms with Gasteiger partial charge in [-0.15, -0.1) is 0 Å². The van der Waals surface area contributed by atoms with Crippen molar-refractivity contribution in [1.82, 2.24) is 15.5 Å². The van der Waals surface area contributed by atoms with Crippen molar-refractivity contribution in [2.45, 2.75) is 25.6 Å². The molecule has 0 spiro atoms. The fraction of sp³-hybridized carbons (Fsp3) is 0.174. The monoisotopic (exact) mass is 448 g/mol. The lowest BCUT2D eigenvalue weighted by Gasteiger charge is -2.22. The van der Waals surface area contributed by atoms with E-state index in [2.05, 4.69) is 10.6 Å². The number of non-ortho nitro benzene ring substituents is 1. The molecule has 2 aromatic carbocycles. The lowest BCUT2D eigenvalue weighted by molar-refractivity contribution is -0.385. The number of nitro benzene ring substituents is 1. The molecule has 1 fully saturated rings. The molecule has 0 aliphatic carbocycles. The molecular formula is C23H20N4O6. The molecule has 1 unspecified atom stereocenters. The van der Waals surface area contributed by atoms with Gasteiger partial charge in [-0.25, -0.2) is 4.79 Å². The van der Waals surface area contributed by atoms with Crippen LogP contribution in [-0.4, -0.2) is 27.7 Å². The van der Waals surface area contributed by atoms with E-state index in [-0.39, 0.29) is 24.7 Å². The minimum Gasteiger partial charge on any atom is -0.467 e. The summed E-state index contributed by atoms with van der Waals surface area (Å²) in [5, 5.41) is 16.5. The van der Waals surface area contributed by atoms with Gasteiger partial charge in [0, 0.05) is 17.7 Å². The largest absolute Gasteiger partial charge is 0.467 e. The van der Waals surface area contributed by atoms with E-state index in [1.54, 1.807) is 42.5 Å². The normalized spacial score (nSPS) is 17.7. The Hall–Kier alpha value is -4.47. The molecule has 10 nitrogen and oxygen atoms in total. The molecule has 1 aromatic heterocycles. The first kappa shape index (κ1) is 21.8. The molecule has 2 N–H and O–H groups in total. The number of imide groups is 1. The second kappa shape index (κ2) is 8.58. The lowest BCUT2D eigenvalue weighted by atomic mass is 9.91. The summed E-state index contributed by atoms with van der Waals surface area (Å²) in [5.74, 6) is -0.258. The molecule has 0 bridgehead atoms. The maximum absolute atomic E-state index is 13.2. The summed E-state index contributed by atoms with van der Waals surface area (Å²) in [5.41, 5.74) is -0.368. The first-order valence-electron chi connectivity index (χ1n) is 10.1. The summed E-state index contributed by atoms with van der Waals surface area (Å²) >= 11 is 0. The molecule has 3 aromatic rings. The minimum atomic E-state index is -1.44. The Bertz CT molecular complexity index is 1240. The number of furan rings is 1. The maximum atomic E-state index is 13.2. The van der Waals surface area contributed by atoms with Crippen LogP contribution in [0.5, 0.6) is 0 Å². The minimum absolute atomic E-state index is 0.0610. The molecule has 1 aliphatic rings. The number of nitrogens with zero attached hydrogens (tertiary/aromatic N) is 2. The molecule has 1 aliphatic heterocycles. The zero-order valence-electron chi connectivity index (χ0n) is 17.6. The number of hydrogen-bond donors (Lipinski definition) is 2. The average Bonchev–Trinajstić information content (AvgIpc) is 3.41. The quantitative estimate of drug-likeness (QED) is 0.324. The van der Waals surface area contributed by atoms with Crippen molar-refractivity contribution in [3.63, 3.8) is 0 Å². The molecule has 4 amide bonds. The molecule has 10 heteroatoms. The number of urea groups is 1. The van der Waals surface area contributed by atoms with Gasteiger partial charge in [-0.05, 0) is 42.3 Å². The highest BCUT2D eigenvalue weighted by molar-refractivity contribution is 6.07. The van der Waals surface area contributed by atoms with E-state index in [1.165, 1.54) is 31.4 Å². The Kier molecular flexibility index (Phi) is 5.65. The first-order valence-corrected chi connectivity index (χ1v) is 10.1. The molecule has 1 atom stereocenters. The van der Waals surface area contributed by atoms with Crippen molar-refractivity contribution in [3.05, 3.63) is 99.5 Å². The number of rotatable bonds is 7. The highest BCUT2D eigenvalue weighted by Gasteiger charge is 2.49. The Morgan fingerprint density at radius 1 is 1.15 bits per heavy atom. The third kappa shape index (κ3) is 4.31. The molecule has 0 saturated carbocycles. The molecule has 0 radical (unpaired) electrons. The summed E-state index contributed by atoms with van der Waals surface area (Å²) in [6.45, 7) is 1.67. The van der Waals surface area contributed by atoms with Gasteiger partial charge in [-0.2, -0.15) is 0 Å². The number of carbonyl (C=O) groups is 3. The van der Waals surface area contributed by atoms with Crippen molar-refractivity contribution in [3.8, 4) is 0 Å². The van der Waals surface area contributed by atoms with Crippen molar-refractivity contribution >= 4 is 23.5 Å². The number of nitro groups is 1. The lowest BCUT2D eigenvalue weighted by Crippen LogP contribution is -2.40. The van der Waals surface area contributed by atoms with Gasteiger partial charge in [-0.3, -0.25) is 24.6 Å². The van der Waals surface area contributed by atoms with E-state index in [1.807, 2.05) is 0 Å². The second-order valence-electron chi connectivity index (χ2n) is 7.72. The van der Waals surface area contributed by atoms with Crippen molar-refractivity contribution in [2.24, 2.45) is 0 Å². The summed E-state index contributed by atoms with van der Waals surface area (Å²) in [4.78, 5) is 49.8. The highest BCUT2D eigenvalue weighted by Crippen LogP contribution is 2.31. The van der Waals surface area contributed by atoms with Crippen LogP contribution in [0.2, 0.25) is 0 Å². The van der Waals surface area contributed by atoms with E-state index in [9.17, 15) is 24.5 Å². The standard InChI is InChI=1S/C23H20N4O6/c1-23(17-7-3-8-18(12-17)27(31)32)21(29)26(22(30)25-23)14-15-5-2-6-16(11-15)20(28)24-13-19-9-4-10-33-19/h2-12H,13-14H2,1H3,(H,24,28)(H,25,30). The summed E-state index contributed by atoms with van der Waals surface area (Å²) in [7, 11) is 0. The molecule has 33 heavy (non-hydrogen) atoms. The Balaban J connectivity index is 1.50. The maximum Gasteiger partial charge on any atom is 0.325 e. The third-order valence-corrected chi connectivity index (χ3v) is 5.44. The molecule has 2 heterocycles. The van der Waals surface area contributed by atoms with Crippen LogP contribution in [-0.2, 0) is 23.4 Å². The SMILES string of the molecule is CC1(c2cccc([N+](=O)[O-])c2)NC(=O)N(Cc2cccc(C(=O)NCc3ccco3)c2)C1=O. The fourth-order valence-corrected chi connectivity index (χ4v) is 3.64. The van der Waals surface area contributed by atoms with E-state index in [0.29, 0.717) is 22.5 Å². The molecule has 1 saturated heterocycles. The van der Waals surface area contributed by atoms with Crippen LogP contribution < -0.4 is 10.6 Å². The highest BCUT2D eigenvalue weighted by atomic mass is 16.6. The van der Waals surface area contributed by atoms with Crippen LogP contribution in [0, 0.1) is 10.1 Å². The van der Waals surface area contributed by atoms with Crippen LogP contribution in [0.15, 0.2) is 71.3 Å². The molecule has 168 valence electrons. The summed E-state index contributed by atoms with van der Waals surface area (Å²) < 4.78 is 5.19. The first-order chi connectivity index (χ1) is 15.8. The zero-order chi connectivity index (χ0) is 23.6. The summed E-state index contributed by atoms with van der Waals surface area (Å²) in [6.07, 6.45) is 1.52. The predicted molar refractivity (Wildman–Crippen MR) is 116 cm³/mol. The van der Waals surface area contributed by atoms with Gasteiger partial charge >= 0.3 is 6.03 Å². The number of hydrogen-bond acceptors (Lipinski definition) is 6. The van der Waals surface area contributed by atoms with Gasteiger partial charge in [0.2, 0.25) is 0 Å². The van der Waals surface area contributed by atoms with Crippen LogP contribution in [0.1, 0.15) is 34.2 Å². The fourth-order valence-electron chi connectivity index (χ4n) is 3.64. The third-order valence-electron chi connectivity index (χ3n) is 5.44. The van der Waals surface area contributed by atoms with Crippen LogP contribution in [0.4, 0.5) is 10.5 Å². The van der Waals surface area contributed by atoms with E-state index < -0.39 is 22.4 Å². The van der Waals surface area contributed by atoms with Crippen LogP contribution in [0.3, 0.4) is 0 Å². The van der Waals surface area contributed by atoms with Crippen molar-refractivity contribution < 1.29 is 23.7 Å². The van der Waals surface area contributed by atoms with Gasteiger partial charge < -0.3 is 15.1 Å². The number of nitrogens with one attached hydrogen (secondary N) is 2. The number of amides is 4. The molecule has 4 rings (SSSR count). The van der Waals surface area contributed by atoms with Gasteiger partial charge in [0.1, 0.15) is 11.3 Å². The molecular weight excluding hydrogens is 428 g/mol. The van der Waals surface area contributed by atoms with Crippen LogP contribution in [0.25, 0.3) is 0 Å². The predicted octanol–water partition coefficient (Wildman–Crippen LogP) is 3.09. The van der Waals surface area contributed by atoms with Crippen LogP contribution >= 0.6 is 0 Å². The number of carbonyl (C=O) groups excluding carboxylic acids is 3. The van der Waals surface area contributed by atoms with E-state index in [0.717, 1.165) is 4.90 Å². The Labute approximate surface area is 188 Å². The summed E-state index contributed by atoms with van der Waals surface area (Å²) in [6, 6.07) is 15.0. The van der Waals surface area contributed by atoms with Crippen molar-refractivity contribution in [1.29, 1.82) is 0 Å². The Morgan fingerprint density at radius 2 is 1.94 bits per heavy atom.